The van der Waals surface area contributed by atoms with Gasteiger partial charge in [-0.2, -0.15) is 0 Å². The first-order chi connectivity index (χ1) is 22.9. The maximum absolute atomic E-state index is 8.96. The van der Waals surface area contributed by atoms with Crippen molar-refractivity contribution in [3.8, 4) is 11.1 Å². The van der Waals surface area contributed by atoms with Crippen LogP contribution in [-0.2, 0) is 0 Å². The second-order valence-corrected chi connectivity index (χ2v) is 10.9. The smallest absolute Gasteiger partial charge is 0.154 e. The standard InChI is InChI=1S/C35H29N5.C7H8/c1-3-25(34(37)39-35(38)29-19-17-27(18-20-29)26-11-5-4-6-12-26)23-33(36)40-22-21-28-13-7-8-14-30(28)24(2)31-15-9-10-16-32(31)40;1-7-5-3-2-4-6-7/h3-23,36H,1-2H2,(H3,37,38,39);2-6H,1H3/b22-21-,25-23+,36-33?;. The molecule has 0 atom stereocenters. The maximum atomic E-state index is 8.96. The van der Waals surface area contributed by atoms with Crippen molar-refractivity contribution in [3.05, 3.63) is 198 Å². The zero-order valence-electron chi connectivity index (χ0n) is 26.4. The molecule has 0 fully saturated rings. The lowest BCUT2D eigenvalue weighted by Gasteiger charge is -2.26. The monoisotopic (exact) mass is 611 g/mol. The lowest BCUT2D eigenvalue weighted by molar-refractivity contribution is 1.29. The molecule has 0 aromatic heterocycles. The van der Waals surface area contributed by atoms with Crippen LogP contribution in [0.3, 0.4) is 0 Å². The Kier molecular flexibility index (Phi) is 10.3. The number of nitrogens with one attached hydrogen (secondary N) is 2. The molecule has 4 N–H and O–H groups in total. The molecule has 5 aromatic carbocycles. The molecular weight excluding hydrogens is 574 g/mol. The normalized spacial score (nSPS) is 13.1. The van der Waals surface area contributed by atoms with Crippen LogP contribution in [0, 0.1) is 17.7 Å². The fraction of sp³-hybridized carbons (Fsp3) is 0.0238. The molecule has 0 saturated heterocycles. The third-order valence-electron chi connectivity index (χ3n) is 7.68. The predicted octanol–water partition coefficient (Wildman–Crippen LogP) is 9.67. The fourth-order valence-corrected chi connectivity index (χ4v) is 5.14. The summed E-state index contributed by atoms with van der Waals surface area (Å²) < 4.78 is 0. The van der Waals surface area contributed by atoms with E-state index in [0.717, 1.165) is 39.1 Å². The summed E-state index contributed by atoms with van der Waals surface area (Å²) in [5.74, 6) is 0.285. The number of fused-ring (bicyclic) bond motifs is 2. The van der Waals surface area contributed by atoms with E-state index in [1.165, 1.54) is 11.6 Å². The first kappa shape index (κ1) is 32.1. The number of anilines is 1. The van der Waals surface area contributed by atoms with Gasteiger partial charge in [0.05, 0.1) is 5.69 Å². The van der Waals surface area contributed by atoms with E-state index in [1.807, 2.05) is 128 Å². The number of nitrogens with zero attached hydrogens (tertiary/aromatic N) is 2. The van der Waals surface area contributed by atoms with Crippen LogP contribution in [0.15, 0.2) is 176 Å². The number of aliphatic imine (C=N–C) groups is 1. The van der Waals surface area contributed by atoms with E-state index < -0.39 is 0 Å². The fourth-order valence-electron chi connectivity index (χ4n) is 5.14. The highest BCUT2D eigenvalue weighted by Crippen LogP contribution is 2.35. The summed E-state index contributed by atoms with van der Waals surface area (Å²) in [5, 5.41) is 17.6. The van der Waals surface area contributed by atoms with Crippen LogP contribution in [-0.4, -0.2) is 17.5 Å². The van der Waals surface area contributed by atoms with E-state index in [0.29, 0.717) is 11.1 Å². The van der Waals surface area contributed by atoms with Crippen molar-refractivity contribution in [2.45, 2.75) is 6.92 Å². The largest absolute Gasteiger partial charge is 0.383 e. The molecular formula is C42H37N5. The lowest BCUT2D eigenvalue weighted by atomic mass is 9.92. The minimum Gasteiger partial charge on any atom is -0.383 e. The van der Waals surface area contributed by atoms with Gasteiger partial charge in [0.2, 0.25) is 0 Å². The lowest BCUT2D eigenvalue weighted by Crippen LogP contribution is -2.25. The van der Waals surface area contributed by atoms with Gasteiger partial charge in [0.1, 0.15) is 11.7 Å². The summed E-state index contributed by atoms with van der Waals surface area (Å²) in [4.78, 5) is 6.10. The molecule has 5 nitrogen and oxygen atoms in total. The van der Waals surface area contributed by atoms with Gasteiger partial charge in [-0.3, -0.25) is 10.8 Å². The summed E-state index contributed by atoms with van der Waals surface area (Å²) in [6.07, 6.45) is 6.91. The number of benzene rings is 5. The highest BCUT2D eigenvalue weighted by atomic mass is 15.2. The van der Waals surface area contributed by atoms with Gasteiger partial charge >= 0.3 is 0 Å². The van der Waals surface area contributed by atoms with Crippen LogP contribution in [0.25, 0.3) is 22.8 Å². The Labute approximate surface area is 277 Å². The topological polar surface area (TPSA) is 89.3 Å². The number of aryl methyl sites for hydroxylation is 1. The Bertz CT molecular complexity index is 2000. The molecule has 47 heavy (non-hydrogen) atoms. The van der Waals surface area contributed by atoms with Crippen molar-refractivity contribution in [2.75, 3.05) is 4.90 Å². The van der Waals surface area contributed by atoms with Crippen LogP contribution >= 0.6 is 0 Å². The van der Waals surface area contributed by atoms with Crippen molar-refractivity contribution in [3.63, 3.8) is 0 Å². The van der Waals surface area contributed by atoms with E-state index in [4.69, 9.17) is 16.6 Å². The number of nitrogens with two attached hydrogens (primary N) is 1. The van der Waals surface area contributed by atoms with Gasteiger partial charge in [-0.15, -0.1) is 0 Å². The predicted molar refractivity (Wildman–Crippen MR) is 200 cm³/mol. The van der Waals surface area contributed by atoms with Gasteiger partial charge in [-0.05, 0) is 53.0 Å². The Morgan fingerprint density at radius 2 is 1.30 bits per heavy atom. The van der Waals surface area contributed by atoms with Crippen molar-refractivity contribution in [1.82, 2.24) is 0 Å². The molecule has 230 valence electrons. The Balaban J connectivity index is 0.000000549. The SMILES string of the molecule is C=C/C(=C\C(=N)N1/C=C\c2ccccc2C(=C)c2ccccc21)C(=N)N=C(N)c1ccc(-c2ccccc2)cc1.Cc1ccccc1. The quantitative estimate of drug-likeness (QED) is 0.105. The second kappa shape index (κ2) is 15.1. The van der Waals surface area contributed by atoms with Crippen molar-refractivity contribution in [1.29, 1.82) is 10.8 Å². The van der Waals surface area contributed by atoms with E-state index in [1.54, 1.807) is 11.0 Å². The zero-order valence-corrected chi connectivity index (χ0v) is 26.4. The van der Waals surface area contributed by atoms with Gasteiger partial charge in [0.15, 0.2) is 5.84 Å². The van der Waals surface area contributed by atoms with Crippen molar-refractivity contribution < 1.29 is 0 Å². The van der Waals surface area contributed by atoms with Crippen molar-refractivity contribution in [2.24, 2.45) is 10.7 Å². The number of amidine groups is 3. The maximum Gasteiger partial charge on any atom is 0.154 e. The van der Waals surface area contributed by atoms with E-state index in [9.17, 15) is 0 Å². The van der Waals surface area contributed by atoms with Crippen LogP contribution in [0.2, 0.25) is 0 Å². The summed E-state index contributed by atoms with van der Waals surface area (Å²) in [5.41, 5.74) is 15.5. The molecule has 0 aliphatic carbocycles. The average Bonchev–Trinajstić information content (AvgIpc) is 3.11. The minimum atomic E-state index is -0.0801. The number of hydrogen-bond acceptors (Lipinski definition) is 2. The average molecular weight is 612 g/mol. The molecule has 0 amide bonds. The van der Waals surface area contributed by atoms with Gasteiger partial charge in [0, 0.05) is 22.9 Å². The third-order valence-corrected chi connectivity index (χ3v) is 7.68. The molecule has 0 radical (unpaired) electrons. The summed E-state index contributed by atoms with van der Waals surface area (Å²) in [7, 11) is 0. The molecule has 1 heterocycles. The van der Waals surface area contributed by atoms with Crippen LogP contribution in [0.1, 0.15) is 27.8 Å². The molecule has 0 unspecified atom stereocenters. The van der Waals surface area contributed by atoms with Crippen molar-refractivity contribution >= 4 is 34.8 Å². The molecule has 5 heteroatoms. The molecule has 1 aliphatic rings. The van der Waals surface area contributed by atoms with Gasteiger partial charge in [-0.1, -0.05) is 152 Å². The molecule has 0 spiro atoms. The zero-order chi connectivity index (χ0) is 33.2. The first-order valence-electron chi connectivity index (χ1n) is 15.2. The van der Waals surface area contributed by atoms with E-state index >= 15 is 0 Å². The Hall–Kier alpha value is -6.33. The summed E-state index contributed by atoms with van der Waals surface area (Å²) >= 11 is 0. The number of hydrogen-bond donors (Lipinski definition) is 3. The van der Waals surface area contributed by atoms with Crippen LogP contribution < -0.4 is 10.6 Å². The first-order valence-corrected chi connectivity index (χ1v) is 15.2. The summed E-state index contributed by atoms with van der Waals surface area (Å²) in [6, 6.07) is 44.0. The number of para-hydroxylation sites is 1. The molecule has 6 rings (SSSR count). The second-order valence-electron chi connectivity index (χ2n) is 10.9. The minimum absolute atomic E-state index is 0.0801. The highest BCUT2D eigenvalue weighted by Gasteiger charge is 2.19. The van der Waals surface area contributed by atoms with Gasteiger partial charge in [-0.25, -0.2) is 4.99 Å². The molecule has 0 saturated carbocycles. The van der Waals surface area contributed by atoms with E-state index in [2.05, 4.69) is 43.3 Å². The third kappa shape index (κ3) is 7.85. The van der Waals surface area contributed by atoms with Gasteiger partial charge in [0.25, 0.3) is 0 Å². The van der Waals surface area contributed by atoms with Crippen LogP contribution in [0.4, 0.5) is 5.69 Å². The molecule has 0 bridgehead atoms. The Morgan fingerprint density at radius 3 is 1.94 bits per heavy atom. The van der Waals surface area contributed by atoms with Crippen LogP contribution in [0.5, 0.6) is 0 Å². The molecule has 5 aromatic rings. The summed E-state index contributed by atoms with van der Waals surface area (Å²) in [6.45, 7) is 10.3. The highest BCUT2D eigenvalue weighted by molar-refractivity contribution is 6.16. The Morgan fingerprint density at radius 1 is 0.723 bits per heavy atom. The molecule has 1 aliphatic heterocycles. The number of rotatable bonds is 5. The van der Waals surface area contributed by atoms with Gasteiger partial charge < -0.3 is 10.6 Å². The van der Waals surface area contributed by atoms with E-state index in [-0.39, 0.29) is 17.5 Å².